The predicted octanol–water partition coefficient (Wildman–Crippen LogP) is 2.47. The highest BCUT2D eigenvalue weighted by Gasteiger charge is 2.10. The van der Waals surface area contributed by atoms with Crippen LogP contribution >= 0.6 is 0 Å². The van der Waals surface area contributed by atoms with E-state index in [9.17, 15) is 0 Å². The number of benzene rings is 1. The van der Waals surface area contributed by atoms with Crippen LogP contribution in [-0.4, -0.2) is 26.8 Å². The summed E-state index contributed by atoms with van der Waals surface area (Å²) < 4.78 is 10.6. The lowest BCUT2D eigenvalue weighted by Gasteiger charge is -2.08. The zero-order chi connectivity index (χ0) is 12.1. The molecular weight excluding hydrogens is 214 g/mol. The van der Waals surface area contributed by atoms with Crippen LogP contribution in [0.25, 0.3) is 6.08 Å². The summed E-state index contributed by atoms with van der Waals surface area (Å²) in [6, 6.07) is 6.32. The molecule has 0 aromatic heterocycles. The Morgan fingerprint density at radius 2 is 2.18 bits per heavy atom. The zero-order valence-electron chi connectivity index (χ0n) is 10.4. The molecule has 0 spiro atoms. The van der Waals surface area contributed by atoms with Crippen LogP contribution < -0.4 is 14.8 Å². The Morgan fingerprint density at radius 3 is 2.82 bits per heavy atom. The van der Waals surface area contributed by atoms with Gasteiger partial charge in [-0.1, -0.05) is 12.2 Å². The Hall–Kier alpha value is -1.48. The van der Waals surface area contributed by atoms with Crippen molar-refractivity contribution in [2.24, 2.45) is 0 Å². The van der Waals surface area contributed by atoms with E-state index in [0.717, 1.165) is 23.6 Å². The fourth-order valence-electron chi connectivity index (χ4n) is 2.07. The molecule has 1 unspecified atom stereocenters. The van der Waals surface area contributed by atoms with Crippen molar-refractivity contribution in [1.29, 1.82) is 0 Å². The van der Waals surface area contributed by atoms with Gasteiger partial charge in [-0.25, -0.2) is 0 Å². The first kappa shape index (κ1) is 12.0. The summed E-state index contributed by atoms with van der Waals surface area (Å²) in [5.41, 5.74) is 1.06. The van der Waals surface area contributed by atoms with E-state index in [4.69, 9.17) is 9.47 Å². The Balaban J connectivity index is 2.16. The highest BCUT2D eigenvalue weighted by Crippen LogP contribution is 2.25. The van der Waals surface area contributed by atoms with Gasteiger partial charge in [0.15, 0.2) is 0 Å². The van der Waals surface area contributed by atoms with Gasteiger partial charge < -0.3 is 14.8 Å². The molecule has 1 aliphatic rings. The summed E-state index contributed by atoms with van der Waals surface area (Å²) in [4.78, 5) is 0. The van der Waals surface area contributed by atoms with Crippen molar-refractivity contribution >= 4 is 6.08 Å². The van der Waals surface area contributed by atoms with Gasteiger partial charge in [-0.05, 0) is 37.6 Å². The Kier molecular flexibility index (Phi) is 4.04. The monoisotopic (exact) mass is 233 g/mol. The summed E-state index contributed by atoms with van der Waals surface area (Å²) in [5.74, 6) is 1.73. The largest absolute Gasteiger partial charge is 0.497 e. The number of hydrogen-bond donors (Lipinski definition) is 1. The molecule has 0 bridgehead atoms. The fourth-order valence-corrected chi connectivity index (χ4v) is 2.07. The third-order valence-corrected chi connectivity index (χ3v) is 3.04. The molecule has 92 valence electrons. The normalized spacial score (nSPS) is 19.8. The minimum absolute atomic E-state index is 0.492. The van der Waals surface area contributed by atoms with Crippen LogP contribution in [0.4, 0.5) is 0 Å². The van der Waals surface area contributed by atoms with Crippen molar-refractivity contribution in [3.63, 3.8) is 0 Å². The van der Waals surface area contributed by atoms with Gasteiger partial charge in [0, 0.05) is 11.6 Å². The first-order chi connectivity index (χ1) is 8.33. The number of nitrogens with one attached hydrogen (secondary N) is 1. The highest BCUT2D eigenvalue weighted by molar-refractivity contribution is 5.60. The fraction of sp³-hybridized carbons (Fsp3) is 0.429. The summed E-state index contributed by atoms with van der Waals surface area (Å²) in [7, 11) is 3.36. The second kappa shape index (κ2) is 5.73. The lowest BCUT2D eigenvalue weighted by Crippen LogP contribution is -2.17. The van der Waals surface area contributed by atoms with Crippen molar-refractivity contribution < 1.29 is 9.47 Å². The van der Waals surface area contributed by atoms with E-state index in [-0.39, 0.29) is 0 Å². The van der Waals surface area contributed by atoms with E-state index in [1.54, 1.807) is 14.2 Å². The van der Waals surface area contributed by atoms with E-state index in [1.165, 1.54) is 12.8 Å². The molecule has 0 radical (unpaired) electrons. The number of ether oxygens (including phenoxy) is 2. The lowest BCUT2D eigenvalue weighted by atomic mass is 10.1. The topological polar surface area (TPSA) is 30.5 Å². The second-order valence-corrected chi connectivity index (χ2v) is 4.17. The maximum atomic E-state index is 5.33. The average Bonchev–Trinajstić information content (AvgIpc) is 2.89. The van der Waals surface area contributed by atoms with E-state index < -0.39 is 0 Å². The summed E-state index contributed by atoms with van der Waals surface area (Å²) >= 11 is 0. The van der Waals surface area contributed by atoms with Crippen molar-refractivity contribution in [3.05, 3.63) is 29.8 Å². The van der Waals surface area contributed by atoms with Crippen LogP contribution in [0.1, 0.15) is 18.4 Å². The molecule has 3 nitrogen and oxygen atoms in total. The molecule has 1 N–H and O–H groups in total. The number of methoxy groups -OCH3 is 2. The van der Waals surface area contributed by atoms with E-state index >= 15 is 0 Å². The molecule has 1 aromatic rings. The van der Waals surface area contributed by atoms with Crippen molar-refractivity contribution in [1.82, 2.24) is 5.32 Å². The van der Waals surface area contributed by atoms with Gasteiger partial charge in [-0.3, -0.25) is 0 Å². The van der Waals surface area contributed by atoms with Crippen molar-refractivity contribution in [2.75, 3.05) is 20.8 Å². The van der Waals surface area contributed by atoms with Gasteiger partial charge in [0.2, 0.25) is 0 Å². The number of rotatable bonds is 4. The molecular formula is C14H19NO2. The summed E-state index contributed by atoms with van der Waals surface area (Å²) in [6.07, 6.45) is 6.77. The summed E-state index contributed by atoms with van der Waals surface area (Å²) in [5, 5.41) is 3.43. The van der Waals surface area contributed by atoms with E-state index in [2.05, 4.69) is 17.5 Å². The first-order valence-electron chi connectivity index (χ1n) is 5.97. The third-order valence-electron chi connectivity index (χ3n) is 3.04. The minimum Gasteiger partial charge on any atom is -0.497 e. The van der Waals surface area contributed by atoms with E-state index in [0.29, 0.717) is 6.04 Å². The molecule has 0 aliphatic carbocycles. The standard InChI is InChI=1S/C14H19NO2/c1-16-13-7-8-14(17-2)11(10-13)5-6-12-4-3-9-15-12/h5-8,10,12,15H,3-4,9H2,1-2H3/b6-5+. The highest BCUT2D eigenvalue weighted by atomic mass is 16.5. The summed E-state index contributed by atoms with van der Waals surface area (Å²) in [6.45, 7) is 1.12. The second-order valence-electron chi connectivity index (χ2n) is 4.17. The van der Waals surface area contributed by atoms with Gasteiger partial charge >= 0.3 is 0 Å². The maximum absolute atomic E-state index is 5.33. The smallest absolute Gasteiger partial charge is 0.126 e. The molecule has 1 saturated heterocycles. The van der Waals surface area contributed by atoms with Gasteiger partial charge in [-0.2, -0.15) is 0 Å². The lowest BCUT2D eigenvalue weighted by molar-refractivity contribution is 0.402. The molecule has 1 atom stereocenters. The maximum Gasteiger partial charge on any atom is 0.126 e. The molecule has 1 fully saturated rings. The van der Waals surface area contributed by atoms with Crippen LogP contribution in [0.15, 0.2) is 24.3 Å². The average molecular weight is 233 g/mol. The Morgan fingerprint density at radius 1 is 1.29 bits per heavy atom. The van der Waals surface area contributed by atoms with Crippen LogP contribution in [0.5, 0.6) is 11.5 Å². The molecule has 0 amide bonds. The first-order valence-corrected chi connectivity index (χ1v) is 5.97. The molecule has 1 heterocycles. The van der Waals surface area contributed by atoms with Crippen LogP contribution in [0.2, 0.25) is 0 Å². The Bertz CT molecular complexity index is 395. The number of hydrogen-bond acceptors (Lipinski definition) is 3. The molecule has 17 heavy (non-hydrogen) atoms. The van der Waals surface area contributed by atoms with Gasteiger partial charge in [-0.15, -0.1) is 0 Å². The van der Waals surface area contributed by atoms with Gasteiger partial charge in [0.1, 0.15) is 11.5 Å². The van der Waals surface area contributed by atoms with E-state index in [1.807, 2.05) is 18.2 Å². The zero-order valence-corrected chi connectivity index (χ0v) is 10.4. The van der Waals surface area contributed by atoms with Crippen LogP contribution in [0.3, 0.4) is 0 Å². The SMILES string of the molecule is COc1ccc(OC)c(/C=C/C2CCCN2)c1. The van der Waals surface area contributed by atoms with Crippen LogP contribution in [0, 0.1) is 0 Å². The molecule has 1 aromatic carbocycles. The van der Waals surface area contributed by atoms with Crippen LogP contribution in [-0.2, 0) is 0 Å². The molecule has 2 rings (SSSR count). The Labute approximate surface area is 102 Å². The minimum atomic E-state index is 0.492. The molecule has 3 heteroatoms. The van der Waals surface area contributed by atoms with Crippen molar-refractivity contribution in [3.8, 4) is 11.5 Å². The predicted molar refractivity (Wildman–Crippen MR) is 69.6 cm³/mol. The van der Waals surface area contributed by atoms with Gasteiger partial charge in [0.25, 0.3) is 0 Å². The quantitative estimate of drug-likeness (QED) is 0.866. The molecule has 0 saturated carbocycles. The molecule has 1 aliphatic heterocycles. The van der Waals surface area contributed by atoms with Crippen molar-refractivity contribution in [2.45, 2.75) is 18.9 Å². The van der Waals surface area contributed by atoms with Gasteiger partial charge in [0.05, 0.1) is 14.2 Å². The third kappa shape index (κ3) is 3.01.